The lowest BCUT2D eigenvalue weighted by Gasteiger charge is -2.10. The lowest BCUT2D eigenvalue weighted by atomic mass is 10.0. The number of nitrogens with one attached hydrogen (secondary N) is 1. The average Bonchev–Trinajstić information content (AvgIpc) is 3.17. The van der Waals surface area contributed by atoms with Gasteiger partial charge in [0.2, 0.25) is 0 Å². The summed E-state index contributed by atoms with van der Waals surface area (Å²) in [6.45, 7) is 9.11. The van der Waals surface area contributed by atoms with E-state index in [0.29, 0.717) is 17.4 Å². The van der Waals surface area contributed by atoms with Crippen molar-refractivity contribution in [1.82, 2.24) is 19.7 Å². The number of halogens is 1. The van der Waals surface area contributed by atoms with E-state index in [1.807, 2.05) is 62.6 Å². The molecule has 8 heteroatoms. The summed E-state index contributed by atoms with van der Waals surface area (Å²) in [4.78, 5) is 16.0. The monoisotopic (exact) mass is 468 g/mol. The Morgan fingerprint density at radius 1 is 1.09 bits per heavy atom. The van der Waals surface area contributed by atoms with E-state index in [1.165, 1.54) is 0 Å². The van der Waals surface area contributed by atoms with Gasteiger partial charge in [0.25, 0.3) is 0 Å². The molecule has 0 radical (unpaired) electrons. The van der Waals surface area contributed by atoms with Crippen LogP contribution in [-0.2, 0) is 18.9 Å². The zero-order valence-corrected chi connectivity index (χ0v) is 20.1. The Morgan fingerprint density at radius 2 is 1.91 bits per heavy atom. The fourth-order valence-corrected chi connectivity index (χ4v) is 4.59. The van der Waals surface area contributed by atoms with E-state index in [2.05, 4.69) is 15.2 Å². The number of H-pyrrole nitrogens is 1. The molecular formula is C24H25ClN4O2S. The molecule has 4 rings (SSSR count). The summed E-state index contributed by atoms with van der Waals surface area (Å²) < 4.78 is 7.93. The topological polar surface area (TPSA) is 72.8 Å². The van der Waals surface area contributed by atoms with Crippen molar-refractivity contribution >= 4 is 34.3 Å². The summed E-state index contributed by atoms with van der Waals surface area (Å²) in [5.41, 5.74) is 5.01. The molecular weight excluding hydrogens is 444 g/mol. The molecule has 0 amide bonds. The number of fused-ring (bicyclic) bond motifs is 1. The molecule has 0 aliphatic heterocycles. The lowest BCUT2D eigenvalue weighted by molar-refractivity contribution is 0.288. The number of nitrogens with zero attached hydrogens (tertiary/aromatic N) is 3. The van der Waals surface area contributed by atoms with Crippen LogP contribution in [0.3, 0.4) is 0 Å². The second-order valence-corrected chi connectivity index (χ2v) is 9.07. The van der Waals surface area contributed by atoms with Crippen molar-refractivity contribution in [3.05, 3.63) is 79.9 Å². The number of hydrogen-bond donors (Lipinski definition) is 1. The summed E-state index contributed by atoms with van der Waals surface area (Å²) in [6, 6.07) is 11.1. The quantitative estimate of drug-likeness (QED) is 0.358. The van der Waals surface area contributed by atoms with Gasteiger partial charge in [-0.3, -0.25) is 4.79 Å². The van der Waals surface area contributed by atoms with E-state index < -0.39 is 0 Å². The van der Waals surface area contributed by atoms with Crippen molar-refractivity contribution in [2.45, 2.75) is 51.8 Å². The SMILES string of the molecule is CCn1c(COc2ccc(Cl)c(C)c2)nnc1SCc1cc(=O)c2ccc(C)c(C)c2[nH]1. The molecule has 2 aromatic carbocycles. The zero-order valence-electron chi connectivity index (χ0n) is 18.5. The first-order chi connectivity index (χ1) is 15.4. The van der Waals surface area contributed by atoms with E-state index in [9.17, 15) is 4.79 Å². The summed E-state index contributed by atoms with van der Waals surface area (Å²) in [6.07, 6.45) is 0. The Hall–Kier alpha value is -2.77. The first-order valence-electron chi connectivity index (χ1n) is 10.4. The standard InChI is InChI=1S/C24H25ClN4O2S/c1-5-29-22(12-31-18-7-9-20(25)15(3)10-18)27-28-24(29)32-13-17-11-21(30)19-8-6-14(2)16(4)23(19)26-17/h6-11H,5,12-13H2,1-4H3,(H,26,30). The number of hydrogen-bond acceptors (Lipinski definition) is 5. The third-order valence-electron chi connectivity index (χ3n) is 5.56. The van der Waals surface area contributed by atoms with Crippen LogP contribution in [0.25, 0.3) is 10.9 Å². The molecule has 1 N–H and O–H groups in total. The molecule has 4 aromatic rings. The van der Waals surface area contributed by atoms with Crippen LogP contribution in [0.1, 0.15) is 35.1 Å². The highest BCUT2D eigenvalue weighted by Crippen LogP contribution is 2.25. The van der Waals surface area contributed by atoms with Gasteiger partial charge in [0, 0.05) is 34.5 Å². The van der Waals surface area contributed by atoms with Gasteiger partial charge in [-0.25, -0.2) is 0 Å². The van der Waals surface area contributed by atoms with Crippen LogP contribution < -0.4 is 10.2 Å². The molecule has 0 saturated carbocycles. The second-order valence-electron chi connectivity index (χ2n) is 7.72. The molecule has 2 aromatic heterocycles. The summed E-state index contributed by atoms with van der Waals surface area (Å²) in [5.74, 6) is 2.08. The first-order valence-corrected chi connectivity index (χ1v) is 11.8. The zero-order chi connectivity index (χ0) is 22.8. The predicted octanol–water partition coefficient (Wildman–Crippen LogP) is 5.59. The summed E-state index contributed by atoms with van der Waals surface area (Å²) in [5, 5.41) is 10.9. The van der Waals surface area contributed by atoms with Crippen molar-refractivity contribution < 1.29 is 4.74 Å². The van der Waals surface area contributed by atoms with E-state index >= 15 is 0 Å². The van der Waals surface area contributed by atoms with Crippen LogP contribution in [-0.4, -0.2) is 19.7 Å². The Bertz CT molecular complexity index is 1350. The Balaban J connectivity index is 1.50. The first kappa shape index (κ1) is 22.4. The smallest absolute Gasteiger partial charge is 0.191 e. The molecule has 0 spiro atoms. The molecule has 0 aliphatic carbocycles. The van der Waals surface area contributed by atoms with Crippen LogP contribution in [0.15, 0.2) is 46.3 Å². The third kappa shape index (κ3) is 4.54. The van der Waals surface area contributed by atoms with Crippen molar-refractivity contribution in [3.63, 3.8) is 0 Å². The minimum absolute atomic E-state index is 0.0294. The lowest BCUT2D eigenvalue weighted by Crippen LogP contribution is -2.08. The highest BCUT2D eigenvalue weighted by atomic mass is 35.5. The van der Waals surface area contributed by atoms with E-state index in [4.69, 9.17) is 16.3 Å². The van der Waals surface area contributed by atoms with Gasteiger partial charge < -0.3 is 14.3 Å². The Labute approximate surface area is 196 Å². The van der Waals surface area contributed by atoms with Gasteiger partial charge in [-0.1, -0.05) is 29.4 Å². The van der Waals surface area contributed by atoms with Crippen LogP contribution in [0.4, 0.5) is 0 Å². The Morgan fingerprint density at radius 3 is 2.66 bits per heavy atom. The number of thioether (sulfide) groups is 1. The molecule has 166 valence electrons. The predicted molar refractivity (Wildman–Crippen MR) is 130 cm³/mol. The normalized spacial score (nSPS) is 11.3. The second kappa shape index (κ2) is 9.38. The number of pyridine rings is 1. The maximum Gasteiger partial charge on any atom is 0.191 e. The molecule has 0 unspecified atom stereocenters. The summed E-state index contributed by atoms with van der Waals surface area (Å²) in [7, 11) is 0. The van der Waals surface area contributed by atoms with Gasteiger partial charge in [-0.05, 0) is 68.7 Å². The van der Waals surface area contributed by atoms with Gasteiger partial charge >= 0.3 is 0 Å². The van der Waals surface area contributed by atoms with E-state index in [-0.39, 0.29) is 5.43 Å². The minimum Gasteiger partial charge on any atom is -0.486 e. The molecule has 32 heavy (non-hydrogen) atoms. The molecule has 0 bridgehead atoms. The van der Waals surface area contributed by atoms with Crippen molar-refractivity contribution in [1.29, 1.82) is 0 Å². The third-order valence-corrected chi connectivity index (χ3v) is 7.00. The van der Waals surface area contributed by atoms with E-state index in [1.54, 1.807) is 17.8 Å². The average molecular weight is 469 g/mol. The molecule has 0 atom stereocenters. The highest BCUT2D eigenvalue weighted by molar-refractivity contribution is 7.98. The van der Waals surface area contributed by atoms with Crippen LogP contribution in [0.5, 0.6) is 5.75 Å². The molecule has 6 nitrogen and oxygen atoms in total. The number of benzene rings is 2. The fraction of sp³-hybridized carbons (Fsp3) is 0.292. The number of aryl methyl sites for hydroxylation is 3. The number of aromatic amines is 1. The highest BCUT2D eigenvalue weighted by Gasteiger charge is 2.14. The number of rotatable bonds is 7. The van der Waals surface area contributed by atoms with Gasteiger partial charge in [0.1, 0.15) is 12.4 Å². The van der Waals surface area contributed by atoms with Crippen LogP contribution in [0.2, 0.25) is 5.02 Å². The minimum atomic E-state index is 0.0294. The Kier molecular flexibility index (Phi) is 6.58. The van der Waals surface area contributed by atoms with Crippen LogP contribution >= 0.6 is 23.4 Å². The number of ether oxygens (including phenoxy) is 1. The molecule has 0 saturated heterocycles. The molecule has 0 fully saturated rings. The van der Waals surface area contributed by atoms with E-state index in [0.717, 1.165) is 56.6 Å². The largest absolute Gasteiger partial charge is 0.486 e. The van der Waals surface area contributed by atoms with Gasteiger partial charge in [-0.2, -0.15) is 0 Å². The van der Waals surface area contributed by atoms with Gasteiger partial charge in [-0.15, -0.1) is 10.2 Å². The fourth-order valence-electron chi connectivity index (χ4n) is 3.54. The van der Waals surface area contributed by atoms with Gasteiger partial charge in [0.15, 0.2) is 16.4 Å². The maximum atomic E-state index is 12.6. The molecule has 2 heterocycles. The van der Waals surface area contributed by atoms with Crippen molar-refractivity contribution in [3.8, 4) is 5.75 Å². The summed E-state index contributed by atoms with van der Waals surface area (Å²) >= 11 is 7.63. The molecule has 0 aliphatic rings. The van der Waals surface area contributed by atoms with Crippen molar-refractivity contribution in [2.24, 2.45) is 0 Å². The van der Waals surface area contributed by atoms with Crippen molar-refractivity contribution in [2.75, 3.05) is 0 Å². The van der Waals surface area contributed by atoms with Crippen LogP contribution in [0, 0.1) is 20.8 Å². The van der Waals surface area contributed by atoms with Gasteiger partial charge in [0.05, 0.1) is 5.52 Å². The maximum absolute atomic E-state index is 12.6. The number of aromatic nitrogens is 4.